The van der Waals surface area contributed by atoms with Crippen LogP contribution in [0.2, 0.25) is 0 Å². The van der Waals surface area contributed by atoms with E-state index in [-0.39, 0.29) is 17.9 Å². The molecule has 0 spiro atoms. The summed E-state index contributed by atoms with van der Waals surface area (Å²) in [5.41, 5.74) is 3.27. The Morgan fingerprint density at radius 3 is 1.87 bits per heavy atom. The van der Waals surface area contributed by atoms with E-state index in [1.807, 2.05) is 18.2 Å². The van der Waals surface area contributed by atoms with Crippen LogP contribution >= 0.6 is 0 Å². The van der Waals surface area contributed by atoms with Gasteiger partial charge >= 0.3 is 12.2 Å². The molecule has 2 amide bonds. The van der Waals surface area contributed by atoms with E-state index in [1.165, 1.54) is 11.9 Å². The molecule has 0 atom stereocenters. The molecule has 1 heterocycles. The highest BCUT2D eigenvalue weighted by Crippen LogP contribution is 2.30. The van der Waals surface area contributed by atoms with Crippen molar-refractivity contribution < 1.29 is 19.1 Å². The smallest absolute Gasteiger partial charge is 0.414 e. The van der Waals surface area contributed by atoms with Crippen LogP contribution in [0.15, 0.2) is 53.8 Å². The molecule has 0 radical (unpaired) electrons. The molecule has 9 heteroatoms. The molecule has 39 heavy (non-hydrogen) atoms. The van der Waals surface area contributed by atoms with Crippen LogP contribution in [0, 0.1) is 0 Å². The van der Waals surface area contributed by atoms with Crippen LogP contribution in [0.4, 0.5) is 9.59 Å². The van der Waals surface area contributed by atoms with Crippen LogP contribution in [-0.4, -0.2) is 39.3 Å². The van der Waals surface area contributed by atoms with Gasteiger partial charge in [0.1, 0.15) is 17.5 Å². The summed E-state index contributed by atoms with van der Waals surface area (Å²) < 4.78 is 10.6. The first kappa shape index (κ1) is 29.5. The number of alkyl carbamates (subject to hydrolysis) is 2. The number of nitrogens with one attached hydrogen (secondary N) is 2. The van der Waals surface area contributed by atoms with E-state index in [9.17, 15) is 9.59 Å². The average Bonchev–Trinajstić information content (AvgIpc) is 2.79. The molecule has 0 bridgehead atoms. The van der Waals surface area contributed by atoms with E-state index >= 15 is 0 Å². The van der Waals surface area contributed by atoms with Crippen LogP contribution < -0.4 is 10.6 Å². The van der Waals surface area contributed by atoms with Crippen molar-refractivity contribution in [3.8, 4) is 11.1 Å². The van der Waals surface area contributed by atoms with Crippen molar-refractivity contribution in [2.75, 3.05) is 0 Å². The number of aliphatic imine (C=N–C) groups is 1. The Morgan fingerprint density at radius 2 is 1.36 bits per heavy atom. The van der Waals surface area contributed by atoms with E-state index in [4.69, 9.17) is 9.47 Å². The SMILES string of the molecule is CC(C)(C)OC(=O)NC(=NCc1ncnc2c(-c3ccc(C(C)(C)C)cc3)cccc12)NC(=O)OC(C)(C)C. The lowest BCUT2D eigenvalue weighted by Gasteiger charge is -2.22. The number of guanidine groups is 1. The molecule has 208 valence electrons. The summed E-state index contributed by atoms with van der Waals surface area (Å²) >= 11 is 0. The van der Waals surface area contributed by atoms with Gasteiger partial charge in [-0.2, -0.15) is 0 Å². The maximum Gasteiger partial charge on any atom is 0.414 e. The summed E-state index contributed by atoms with van der Waals surface area (Å²) in [5, 5.41) is 5.81. The van der Waals surface area contributed by atoms with Gasteiger partial charge in [-0.3, -0.25) is 10.6 Å². The molecule has 3 rings (SSSR count). The van der Waals surface area contributed by atoms with Crippen molar-refractivity contribution in [2.45, 2.75) is 85.5 Å². The van der Waals surface area contributed by atoms with Crippen LogP contribution in [-0.2, 0) is 21.4 Å². The van der Waals surface area contributed by atoms with Crippen molar-refractivity contribution in [3.63, 3.8) is 0 Å². The summed E-state index contributed by atoms with van der Waals surface area (Å²) in [5.74, 6) is -0.112. The standard InChI is InChI=1S/C30H39N5O4/c1-28(2,3)20-15-13-19(14-16-20)21-11-10-12-22-23(32-18-33-24(21)22)17-31-25(34-26(36)38-29(4,5)6)35-27(37)39-30(7,8)9/h10-16,18H,17H2,1-9H3,(H2,31,34,35,36,37). The zero-order valence-electron chi connectivity index (χ0n) is 24.3. The molecule has 0 aliphatic rings. The van der Waals surface area contributed by atoms with E-state index in [2.05, 4.69) is 70.6 Å². The molecular formula is C30H39N5O4. The number of benzene rings is 2. The maximum absolute atomic E-state index is 12.4. The van der Waals surface area contributed by atoms with Crippen molar-refractivity contribution in [1.82, 2.24) is 20.6 Å². The largest absolute Gasteiger partial charge is 0.444 e. The number of para-hydroxylation sites is 1. The first-order valence-electron chi connectivity index (χ1n) is 12.9. The molecule has 0 aliphatic heterocycles. The van der Waals surface area contributed by atoms with Gasteiger partial charge in [0.2, 0.25) is 5.96 Å². The second kappa shape index (κ2) is 11.4. The number of aromatic nitrogens is 2. The monoisotopic (exact) mass is 533 g/mol. The van der Waals surface area contributed by atoms with Crippen LogP contribution in [0.25, 0.3) is 22.0 Å². The van der Waals surface area contributed by atoms with E-state index in [0.717, 1.165) is 22.0 Å². The Labute approximate surface area is 230 Å². The zero-order chi connectivity index (χ0) is 29.0. The van der Waals surface area contributed by atoms with Gasteiger partial charge in [0, 0.05) is 10.9 Å². The number of hydrogen-bond donors (Lipinski definition) is 2. The van der Waals surface area contributed by atoms with Gasteiger partial charge in [-0.1, -0.05) is 63.2 Å². The molecule has 2 aromatic carbocycles. The second-order valence-electron chi connectivity index (χ2n) is 12.3. The molecule has 2 N–H and O–H groups in total. The molecule has 3 aromatic rings. The van der Waals surface area contributed by atoms with Crippen LogP contribution in [0.5, 0.6) is 0 Å². The quantitative estimate of drug-likeness (QED) is 0.293. The minimum absolute atomic E-state index is 0.0585. The number of carbonyl (C=O) groups excluding carboxylic acids is 2. The third kappa shape index (κ3) is 8.77. The minimum Gasteiger partial charge on any atom is -0.444 e. The lowest BCUT2D eigenvalue weighted by Crippen LogP contribution is -2.47. The summed E-state index contributed by atoms with van der Waals surface area (Å²) in [6.45, 7) is 17.1. The fourth-order valence-corrected chi connectivity index (χ4v) is 3.71. The molecule has 0 saturated carbocycles. The Hall–Kier alpha value is -4.01. The van der Waals surface area contributed by atoms with Crippen molar-refractivity contribution >= 4 is 29.0 Å². The molecule has 9 nitrogen and oxygen atoms in total. The molecule has 0 fully saturated rings. The second-order valence-corrected chi connectivity index (χ2v) is 12.3. The Bertz CT molecular complexity index is 1330. The molecule has 0 unspecified atom stereocenters. The van der Waals surface area contributed by atoms with E-state index in [0.29, 0.717) is 5.69 Å². The Balaban J connectivity index is 1.93. The predicted octanol–water partition coefficient (Wildman–Crippen LogP) is 6.50. The normalized spacial score (nSPS) is 12.0. The fraction of sp³-hybridized carbons (Fsp3) is 0.433. The average molecular weight is 534 g/mol. The lowest BCUT2D eigenvalue weighted by atomic mass is 9.86. The van der Waals surface area contributed by atoms with Gasteiger partial charge in [0.05, 0.1) is 17.8 Å². The third-order valence-electron chi connectivity index (χ3n) is 5.43. The number of hydrogen-bond acceptors (Lipinski definition) is 7. The van der Waals surface area contributed by atoms with Gasteiger partial charge in [-0.15, -0.1) is 0 Å². The van der Waals surface area contributed by atoms with Gasteiger partial charge in [0.15, 0.2) is 0 Å². The van der Waals surface area contributed by atoms with Gasteiger partial charge < -0.3 is 9.47 Å². The molecule has 0 saturated heterocycles. The molecule has 0 aliphatic carbocycles. The summed E-state index contributed by atoms with van der Waals surface area (Å²) in [6.07, 6.45) is -0.0284. The van der Waals surface area contributed by atoms with Crippen LogP contribution in [0.3, 0.4) is 0 Å². The lowest BCUT2D eigenvalue weighted by molar-refractivity contribution is 0.0545. The Kier molecular flexibility index (Phi) is 8.63. The number of carbonyl (C=O) groups is 2. The first-order valence-corrected chi connectivity index (χ1v) is 12.9. The fourth-order valence-electron chi connectivity index (χ4n) is 3.71. The number of ether oxygens (including phenoxy) is 2. The van der Waals surface area contributed by atoms with Crippen molar-refractivity contribution in [3.05, 3.63) is 60.0 Å². The summed E-state index contributed by atoms with van der Waals surface area (Å²) in [7, 11) is 0. The number of amides is 2. The number of nitrogens with zero attached hydrogens (tertiary/aromatic N) is 3. The van der Waals surface area contributed by atoms with Gasteiger partial charge in [-0.05, 0) is 58.1 Å². The van der Waals surface area contributed by atoms with Crippen molar-refractivity contribution in [2.24, 2.45) is 4.99 Å². The number of fused-ring (bicyclic) bond motifs is 1. The highest BCUT2D eigenvalue weighted by Gasteiger charge is 2.21. The van der Waals surface area contributed by atoms with Crippen molar-refractivity contribution in [1.29, 1.82) is 0 Å². The zero-order valence-corrected chi connectivity index (χ0v) is 24.3. The predicted molar refractivity (Wildman–Crippen MR) is 154 cm³/mol. The minimum atomic E-state index is -0.758. The van der Waals surface area contributed by atoms with Gasteiger partial charge in [-0.25, -0.2) is 24.5 Å². The van der Waals surface area contributed by atoms with Crippen LogP contribution in [0.1, 0.15) is 73.6 Å². The highest BCUT2D eigenvalue weighted by molar-refractivity contribution is 6.01. The molecular weight excluding hydrogens is 494 g/mol. The Morgan fingerprint density at radius 1 is 0.795 bits per heavy atom. The third-order valence-corrected chi connectivity index (χ3v) is 5.43. The summed E-state index contributed by atoms with van der Waals surface area (Å²) in [6, 6.07) is 14.4. The topological polar surface area (TPSA) is 115 Å². The van der Waals surface area contributed by atoms with Gasteiger partial charge in [0.25, 0.3) is 0 Å². The maximum atomic E-state index is 12.4. The number of rotatable bonds is 3. The molecule has 1 aromatic heterocycles. The first-order chi connectivity index (χ1) is 18.0. The van der Waals surface area contributed by atoms with E-state index in [1.54, 1.807) is 41.5 Å². The summed E-state index contributed by atoms with van der Waals surface area (Å²) in [4.78, 5) is 38.2. The highest BCUT2D eigenvalue weighted by atomic mass is 16.6. The van der Waals surface area contributed by atoms with E-state index < -0.39 is 23.4 Å².